The average molecular weight is 356 g/mol. The van der Waals surface area contributed by atoms with Crippen LogP contribution in [0.3, 0.4) is 0 Å². The summed E-state index contributed by atoms with van der Waals surface area (Å²) in [5, 5.41) is 0.821. The Kier molecular flexibility index (Phi) is 16.8. The van der Waals surface area contributed by atoms with Crippen LogP contribution >= 0.6 is 11.6 Å². The number of hydrogen-bond acceptors (Lipinski definition) is 1. The molecule has 2 nitrogen and oxygen atoms in total. The maximum Gasteiger partial charge on any atom is 0.0621 e. The number of pyridine rings is 1. The molecule has 0 saturated carbocycles. The number of halogens is 1. The number of unbranched alkanes of at least 4 members (excludes halogenated alkanes) is 13. The molecule has 0 radical (unpaired) electrons. The van der Waals surface area contributed by atoms with Crippen molar-refractivity contribution >= 4 is 11.6 Å². The molecule has 0 unspecified atom stereocenters. The Balaban J connectivity index is 0.00000529. The van der Waals surface area contributed by atoms with Crippen molar-refractivity contribution in [1.29, 1.82) is 0 Å². The first-order chi connectivity index (χ1) is 11.3. The van der Waals surface area contributed by atoms with Crippen LogP contribution in [-0.2, 0) is 6.42 Å². The highest BCUT2D eigenvalue weighted by Crippen LogP contribution is 2.16. The van der Waals surface area contributed by atoms with Crippen LogP contribution in [0.5, 0.6) is 0 Å². The molecule has 0 aliphatic heterocycles. The molecule has 0 aliphatic rings. The van der Waals surface area contributed by atoms with Gasteiger partial charge in [-0.05, 0) is 25.0 Å². The molecule has 0 spiro atoms. The van der Waals surface area contributed by atoms with Crippen LogP contribution < -0.4 is 0 Å². The summed E-state index contributed by atoms with van der Waals surface area (Å²) in [7, 11) is 0. The summed E-state index contributed by atoms with van der Waals surface area (Å²) in [5.74, 6) is 0. The normalized spacial score (nSPS) is 10.6. The average Bonchev–Trinajstić information content (AvgIpc) is 2.57. The highest BCUT2D eigenvalue weighted by Gasteiger charge is 2.00. The van der Waals surface area contributed by atoms with Crippen molar-refractivity contribution in [3.63, 3.8) is 0 Å². The second-order valence-electron chi connectivity index (χ2n) is 6.78. The van der Waals surface area contributed by atoms with Gasteiger partial charge in [0.05, 0.1) is 10.7 Å². The highest BCUT2D eigenvalue weighted by atomic mass is 35.5. The lowest BCUT2D eigenvalue weighted by Crippen LogP contribution is -1.91. The van der Waals surface area contributed by atoms with Crippen LogP contribution in [-0.4, -0.2) is 10.5 Å². The molecule has 1 aromatic rings. The zero-order valence-electron chi connectivity index (χ0n) is 15.7. The van der Waals surface area contributed by atoms with Crippen molar-refractivity contribution in [2.75, 3.05) is 0 Å². The standard InChI is InChI=1S/C21H36ClN.H2O/c1-2-3-4-5-6-7-8-9-10-11-12-13-14-15-18-21-20(22)17-16-19-23-21;/h16-17,19H,2-15,18H2,1H3;1H2. The Hall–Kier alpha value is -0.600. The largest absolute Gasteiger partial charge is 0.412 e. The van der Waals surface area contributed by atoms with Gasteiger partial charge in [-0.25, -0.2) is 0 Å². The zero-order valence-corrected chi connectivity index (χ0v) is 16.4. The maximum atomic E-state index is 6.12. The van der Waals surface area contributed by atoms with Crippen molar-refractivity contribution in [3.8, 4) is 0 Å². The molecule has 0 aromatic carbocycles. The van der Waals surface area contributed by atoms with E-state index in [0.29, 0.717) is 0 Å². The lowest BCUT2D eigenvalue weighted by molar-refractivity contribution is 0.535. The van der Waals surface area contributed by atoms with Crippen molar-refractivity contribution < 1.29 is 5.48 Å². The van der Waals surface area contributed by atoms with E-state index in [1.54, 1.807) is 0 Å². The van der Waals surface area contributed by atoms with Gasteiger partial charge in [-0.3, -0.25) is 4.98 Å². The van der Waals surface area contributed by atoms with E-state index >= 15 is 0 Å². The summed E-state index contributed by atoms with van der Waals surface area (Å²) in [4.78, 5) is 4.35. The lowest BCUT2D eigenvalue weighted by Gasteiger charge is -2.04. The monoisotopic (exact) mass is 355 g/mol. The quantitative estimate of drug-likeness (QED) is 0.314. The van der Waals surface area contributed by atoms with E-state index in [9.17, 15) is 0 Å². The van der Waals surface area contributed by atoms with Crippen molar-refractivity contribution in [3.05, 3.63) is 29.0 Å². The van der Waals surface area contributed by atoms with E-state index in [0.717, 1.165) is 17.1 Å². The van der Waals surface area contributed by atoms with Gasteiger partial charge in [0.15, 0.2) is 0 Å². The van der Waals surface area contributed by atoms with E-state index in [2.05, 4.69) is 11.9 Å². The molecule has 0 amide bonds. The third-order valence-electron chi connectivity index (χ3n) is 4.60. The van der Waals surface area contributed by atoms with E-state index in [1.807, 2.05) is 18.3 Å². The van der Waals surface area contributed by atoms with Crippen LogP contribution in [0.15, 0.2) is 18.3 Å². The predicted molar refractivity (Wildman–Crippen MR) is 107 cm³/mol. The molecule has 0 aliphatic carbocycles. The second-order valence-corrected chi connectivity index (χ2v) is 7.19. The predicted octanol–water partition coefficient (Wildman–Crippen LogP) is 6.93. The molecule has 3 heteroatoms. The van der Waals surface area contributed by atoms with Crippen molar-refractivity contribution in [1.82, 2.24) is 4.98 Å². The molecule has 0 fully saturated rings. The lowest BCUT2D eigenvalue weighted by atomic mass is 10.0. The summed E-state index contributed by atoms with van der Waals surface area (Å²) < 4.78 is 0. The van der Waals surface area contributed by atoms with Gasteiger partial charge in [-0.1, -0.05) is 102 Å². The third-order valence-corrected chi connectivity index (χ3v) is 4.95. The highest BCUT2D eigenvalue weighted by molar-refractivity contribution is 6.31. The van der Waals surface area contributed by atoms with Gasteiger partial charge in [-0.15, -0.1) is 0 Å². The second kappa shape index (κ2) is 17.2. The Morgan fingerprint density at radius 3 is 1.67 bits per heavy atom. The molecular formula is C21H38ClNO. The molecule has 24 heavy (non-hydrogen) atoms. The van der Waals surface area contributed by atoms with Gasteiger partial charge in [0, 0.05) is 6.20 Å². The minimum Gasteiger partial charge on any atom is -0.412 e. The smallest absolute Gasteiger partial charge is 0.0621 e. The molecule has 2 N–H and O–H groups in total. The van der Waals surface area contributed by atoms with Crippen molar-refractivity contribution in [2.45, 2.75) is 103 Å². The molecule has 1 rings (SSSR count). The van der Waals surface area contributed by atoms with Crippen LogP contribution in [0.4, 0.5) is 0 Å². The topological polar surface area (TPSA) is 44.4 Å². The fourth-order valence-corrected chi connectivity index (χ4v) is 3.31. The maximum absolute atomic E-state index is 6.12. The van der Waals surface area contributed by atoms with Crippen LogP contribution in [0.2, 0.25) is 5.02 Å². The number of rotatable bonds is 15. The summed E-state index contributed by atoms with van der Waals surface area (Å²) >= 11 is 6.12. The van der Waals surface area contributed by atoms with Crippen LogP contribution in [0, 0.1) is 0 Å². The van der Waals surface area contributed by atoms with Gasteiger partial charge in [0.25, 0.3) is 0 Å². The van der Waals surface area contributed by atoms with Gasteiger partial charge in [0.2, 0.25) is 0 Å². The zero-order chi connectivity index (χ0) is 16.6. The third kappa shape index (κ3) is 12.8. The fourth-order valence-electron chi connectivity index (χ4n) is 3.09. The van der Waals surface area contributed by atoms with Crippen LogP contribution in [0.1, 0.15) is 103 Å². The van der Waals surface area contributed by atoms with Gasteiger partial charge in [0.1, 0.15) is 0 Å². The first-order valence-corrected chi connectivity index (χ1v) is 10.3. The van der Waals surface area contributed by atoms with Crippen LogP contribution in [0.25, 0.3) is 0 Å². The van der Waals surface area contributed by atoms with E-state index in [1.165, 1.54) is 89.9 Å². The SMILES string of the molecule is CCCCCCCCCCCCCCCCc1ncccc1Cl.O. The minimum absolute atomic E-state index is 0. The van der Waals surface area contributed by atoms with Gasteiger partial charge < -0.3 is 5.48 Å². The first-order valence-electron chi connectivity index (χ1n) is 9.94. The van der Waals surface area contributed by atoms with Crippen molar-refractivity contribution in [2.24, 2.45) is 0 Å². The fraction of sp³-hybridized carbons (Fsp3) is 0.762. The summed E-state index contributed by atoms with van der Waals surface area (Å²) in [5.41, 5.74) is 1.06. The number of aromatic nitrogens is 1. The molecule has 140 valence electrons. The molecule has 1 heterocycles. The number of hydrogen-bond donors (Lipinski definition) is 0. The molecule has 0 bridgehead atoms. The summed E-state index contributed by atoms with van der Waals surface area (Å²) in [6, 6.07) is 3.84. The molecule has 0 atom stereocenters. The molecule has 0 saturated heterocycles. The summed E-state index contributed by atoms with van der Waals surface area (Å²) in [6.45, 7) is 2.29. The Bertz CT molecular complexity index is 384. The summed E-state index contributed by atoms with van der Waals surface area (Å²) in [6.07, 6.45) is 22.5. The minimum atomic E-state index is 0. The molecule has 1 aromatic heterocycles. The van der Waals surface area contributed by atoms with E-state index in [4.69, 9.17) is 11.6 Å². The van der Waals surface area contributed by atoms with Gasteiger partial charge >= 0.3 is 0 Å². The number of nitrogens with zero attached hydrogens (tertiary/aromatic N) is 1. The Labute approximate surface area is 154 Å². The molecular weight excluding hydrogens is 318 g/mol. The Morgan fingerprint density at radius 1 is 0.750 bits per heavy atom. The first kappa shape index (κ1) is 23.4. The van der Waals surface area contributed by atoms with E-state index in [-0.39, 0.29) is 5.48 Å². The Morgan fingerprint density at radius 2 is 1.21 bits per heavy atom. The van der Waals surface area contributed by atoms with E-state index < -0.39 is 0 Å². The number of aryl methyl sites for hydroxylation is 1. The van der Waals surface area contributed by atoms with Gasteiger partial charge in [-0.2, -0.15) is 0 Å².